The number of fused-ring (bicyclic) bond motifs is 2. The number of hydrogen-bond donors (Lipinski definition) is 1. The van der Waals surface area contributed by atoms with Crippen LogP contribution >= 0.6 is 11.3 Å². The fraction of sp³-hybridized carbons (Fsp3) is 0. The molecule has 0 fully saturated rings. The van der Waals surface area contributed by atoms with Gasteiger partial charge in [-0.2, -0.15) is 5.26 Å². The second-order valence-electron chi connectivity index (χ2n) is 10.1. The molecule has 1 N–H and O–H groups in total. The van der Waals surface area contributed by atoms with E-state index in [1.807, 2.05) is 78.9 Å². The Bertz CT molecular complexity index is 2100. The molecular weight excluding hydrogens is 552 g/mol. The van der Waals surface area contributed by atoms with Gasteiger partial charge in [0.2, 0.25) is 0 Å². The Morgan fingerprint density at radius 3 is 2.12 bits per heavy atom. The van der Waals surface area contributed by atoms with Crippen LogP contribution in [0.5, 0.6) is 0 Å². The predicted molar refractivity (Wildman–Crippen MR) is 172 cm³/mol. The number of hydrogen-bond acceptors (Lipinski definition) is 5. The number of aliphatic carboxylic acids is 1. The van der Waals surface area contributed by atoms with E-state index in [1.54, 1.807) is 12.1 Å². The summed E-state index contributed by atoms with van der Waals surface area (Å²) in [5.41, 5.74) is 6.75. The van der Waals surface area contributed by atoms with Crippen LogP contribution in [0.4, 0.5) is 17.1 Å². The van der Waals surface area contributed by atoms with E-state index in [0.29, 0.717) is 16.0 Å². The van der Waals surface area contributed by atoms with Gasteiger partial charge >= 0.3 is 5.97 Å². The maximum atomic E-state index is 14.0. The summed E-state index contributed by atoms with van der Waals surface area (Å²) in [6, 6.07) is 41.8. The molecule has 1 aromatic heterocycles. The standard InChI is InChI=1S/C37H22N2O3S/c38-22-24(37(41)42)20-27-15-19-34(43-27)23-14-16-28-29-12-7-13-30-33(18-17-31(35(29)30)36(40)32(28)21-23)39(25-8-3-1-4-9-25)26-10-5-2-6-11-26/h1-21H,(H,41,42)/b24-20-. The molecule has 0 atom stereocenters. The van der Waals surface area contributed by atoms with E-state index in [-0.39, 0.29) is 11.4 Å². The summed E-state index contributed by atoms with van der Waals surface area (Å²) in [6.45, 7) is 0. The minimum atomic E-state index is -1.26. The Balaban J connectivity index is 1.36. The maximum Gasteiger partial charge on any atom is 0.346 e. The summed E-state index contributed by atoms with van der Waals surface area (Å²) in [5.74, 6) is -1.30. The average molecular weight is 575 g/mol. The van der Waals surface area contributed by atoms with Crippen molar-refractivity contribution >= 4 is 57.0 Å². The lowest BCUT2D eigenvalue weighted by atomic mass is 9.81. The highest BCUT2D eigenvalue weighted by atomic mass is 32.1. The fourth-order valence-corrected chi connectivity index (χ4v) is 6.66. The highest BCUT2D eigenvalue weighted by Crippen LogP contribution is 2.46. The number of anilines is 3. The monoisotopic (exact) mass is 574 g/mol. The van der Waals surface area contributed by atoms with Gasteiger partial charge in [0, 0.05) is 43.0 Å². The number of thiophene rings is 1. The van der Waals surface area contributed by atoms with Crippen molar-refractivity contribution in [3.05, 3.63) is 143 Å². The number of ketones is 1. The summed E-state index contributed by atoms with van der Waals surface area (Å²) in [6.07, 6.45) is 1.36. The minimum Gasteiger partial charge on any atom is -0.477 e. The fourth-order valence-electron chi connectivity index (χ4n) is 5.72. The van der Waals surface area contributed by atoms with Crippen molar-refractivity contribution in [2.75, 3.05) is 4.90 Å². The molecule has 0 radical (unpaired) electrons. The lowest BCUT2D eigenvalue weighted by molar-refractivity contribution is -0.132. The van der Waals surface area contributed by atoms with Crippen molar-refractivity contribution in [2.45, 2.75) is 0 Å². The SMILES string of the molecule is N#C/C(=C/c1ccc(-c2ccc3c(c2)C(=O)c2ccc(N(c4ccccc4)c4ccccc4)c4cccc-3c24)s1)C(=O)O. The molecule has 0 spiro atoms. The number of benzene rings is 5. The van der Waals surface area contributed by atoms with Gasteiger partial charge in [-0.3, -0.25) is 4.79 Å². The third-order valence-corrected chi connectivity index (χ3v) is 8.72. The molecule has 6 heteroatoms. The number of carbonyl (C=O) groups is 2. The first-order valence-corrected chi connectivity index (χ1v) is 14.5. The number of carbonyl (C=O) groups excluding carboxylic acids is 1. The zero-order valence-electron chi connectivity index (χ0n) is 22.7. The number of carboxylic acid groups (broad SMARTS) is 1. The molecule has 0 amide bonds. The molecule has 0 saturated heterocycles. The Kier molecular flexibility index (Phi) is 6.43. The molecule has 0 saturated carbocycles. The van der Waals surface area contributed by atoms with Crippen molar-refractivity contribution in [3.8, 4) is 27.6 Å². The number of nitrogens with zero attached hydrogens (tertiary/aromatic N) is 2. The molecule has 204 valence electrons. The smallest absolute Gasteiger partial charge is 0.346 e. The minimum absolute atomic E-state index is 0.0348. The summed E-state index contributed by atoms with van der Waals surface area (Å²) in [5, 5.41) is 20.2. The lowest BCUT2D eigenvalue weighted by Gasteiger charge is -2.29. The van der Waals surface area contributed by atoms with Gasteiger partial charge < -0.3 is 10.0 Å². The second-order valence-corrected chi connectivity index (χ2v) is 11.2. The summed E-state index contributed by atoms with van der Waals surface area (Å²) >= 11 is 1.37. The van der Waals surface area contributed by atoms with Crippen LogP contribution in [0.3, 0.4) is 0 Å². The van der Waals surface area contributed by atoms with Gasteiger partial charge in [-0.1, -0.05) is 66.7 Å². The van der Waals surface area contributed by atoms with Crippen LogP contribution in [-0.4, -0.2) is 16.9 Å². The Morgan fingerprint density at radius 1 is 0.744 bits per heavy atom. The quantitative estimate of drug-likeness (QED) is 0.158. The molecule has 6 aromatic rings. The van der Waals surface area contributed by atoms with E-state index in [2.05, 4.69) is 41.3 Å². The third-order valence-electron chi connectivity index (χ3n) is 7.64. The zero-order valence-corrected chi connectivity index (χ0v) is 23.5. The molecule has 1 aliphatic rings. The Labute approximate surface area is 251 Å². The van der Waals surface area contributed by atoms with E-state index in [0.717, 1.165) is 49.4 Å². The van der Waals surface area contributed by atoms with Crippen molar-refractivity contribution in [1.82, 2.24) is 0 Å². The molecule has 0 bridgehead atoms. The molecule has 7 rings (SSSR count). The molecular formula is C37H22N2O3S. The largest absolute Gasteiger partial charge is 0.477 e. The maximum absolute atomic E-state index is 14.0. The van der Waals surface area contributed by atoms with Crippen LogP contribution in [0, 0.1) is 11.3 Å². The topological polar surface area (TPSA) is 81.4 Å². The summed E-state index contributed by atoms with van der Waals surface area (Å²) in [4.78, 5) is 29.1. The molecule has 0 aliphatic heterocycles. The van der Waals surface area contributed by atoms with Gasteiger partial charge in [0.15, 0.2) is 5.78 Å². The van der Waals surface area contributed by atoms with Crippen molar-refractivity contribution in [3.63, 3.8) is 0 Å². The van der Waals surface area contributed by atoms with Crippen LogP contribution in [-0.2, 0) is 4.79 Å². The van der Waals surface area contributed by atoms with Gasteiger partial charge in [0.05, 0.1) is 5.69 Å². The number of nitriles is 1. The van der Waals surface area contributed by atoms with Gasteiger partial charge in [-0.05, 0) is 77.4 Å². The van der Waals surface area contributed by atoms with E-state index in [9.17, 15) is 14.7 Å². The van der Waals surface area contributed by atoms with Crippen LogP contribution in [0.25, 0.3) is 38.4 Å². The highest BCUT2D eigenvalue weighted by molar-refractivity contribution is 7.16. The molecule has 5 aromatic carbocycles. The average Bonchev–Trinajstić information content (AvgIpc) is 3.52. The molecule has 1 aliphatic carbocycles. The van der Waals surface area contributed by atoms with Crippen LogP contribution in [0.15, 0.2) is 127 Å². The van der Waals surface area contributed by atoms with Gasteiger partial charge in [0.25, 0.3) is 0 Å². The third kappa shape index (κ3) is 4.49. The number of rotatable bonds is 6. The van der Waals surface area contributed by atoms with Gasteiger partial charge in [-0.15, -0.1) is 11.3 Å². The van der Waals surface area contributed by atoms with E-state index in [1.165, 1.54) is 17.4 Å². The predicted octanol–water partition coefficient (Wildman–Crippen LogP) is 9.24. The Morgan fingerprint density at radius 2 is 1.44 bits per heavy atom. The normalized spacial score (nSPS) is 12.1. The first-order valence-electron chi connectivity index (χ1n) is 13.6. The summed E-state index contributed by atoms with van der Waals surface area (Å²) in [7, 11) is 0. The first kappa shape index (κ1) is 26.1. The Hall–Kier alpha value is -5.77. The van der Waals surface area contributed by atoms with Crippen molar-refractivity contribution < 1.29 is 14.7 Å². The second kappa shape index (κ2) is 10.6. The van der Waals surface area contributed by atoms with Gasteiger partial charge in [0.1, 0.15) is 11.6 Å². The first-order chi connectivity index (χ1) is 21.0. The van der Waals surface area contributed by atoms with Crippen LogP contribution in [0.2, 0.25) is 0 Å². The molecule has 43 heavy (non-hydrogen) atoms. The van der Waals surface area contributed by atoms with E-state index in [4.69, 9.17) is 5.26 Å². The van der Waals surface area contributed by atoms with Crippen LogP contribution < -0.4 is 4.90 Å². The molecule has 0 unspecified atom stereocenters. The number of carboxylic acids is 1. The van der Waals surface area contributed by atoms with Crippen molar-refractivity contribution in [1.29, 1.82) is 5.26 Å². The molecule has 5 nitrogen and oxygen atoms in total. The molecule has 1 heterocycles. The highest BCUT2D eigenvalue weighted by Gasteiger charge is 2.28. The van der Waals surface area contributed by atoms with Crippen LogP contribution in [0.1, 0.15) is 20.8 Å². The van der Waals surface area contributed by atoms with E-state index < -0.39 is 5.97 Å². The van der Waals surface area contributed by atoms with Crippen molar-refractivity contribution in [2.24, 2.45) is 0 Å². The zero-order chi connectivity index (χ0) is 29.5. The van der Waals surface area contributed by atoms with Gasteiger partial charge in [-0.25, -0.2) is 4.79 Å². The number of para-hydroxylation sites is 2. The summed E-state index contributed by atoms with van der Waals surface area (Å²) < 4.78 is 0. The van der Waals surface area contributed by atoms with E-state index >= 15 is 0 Å². The lowest BCUT2D eigenvalue weighted by Crippen LogP contribution is -2.14.